The molecule has 0 aliphatic carbocycles. The fourth-order valence-electron chi connectivity index (χ4n) is 1.38. The van der Waals surface area contributed by atoms with Crippen molar-refractivity contribution in [2.24, 2.45) is 12.8 Å². The Labute approximate surface area is 138 Å². The average Bonchev–Trinajstić information content (AvgIpc) is 2.85. The average molecular weight is 416 g/mol. The third-order valence-corrected chi connectivity index (χ3v) is 6.83. The van der Waals surface area contributed by atoms with Crippen molar-refractivity contribution < 1.29 is 8.42 Å². The molecule has 0 fully saturated rings. The molecular weight excluding hydrogens is 408 g/mol. The summed E-state index contributed by atoms with van der Waals surface area (Å²) in [5.41, 5.74) is 5.89. The van der Waals surface area contributed by atoms with Crippen LogP contribution >= 0.6 is 51.1 Å². The van der Waals surface area contributed by atoms with Crippen molar-refractivity contribution in [3.63, 3.8) is 0 Å². The van der Waals surface area contributed by atoms with Gasteiger partial charge in [-0.15, -0.1) is 11.3 Å². The number of anilines is 1. The molecule has 6 nitrogen and oxygen atoms in total. The highest BCUT2D eigenvalue weighted by Gasteiger charge is 2.22. The molecule has 0 unspecified atom stereocenters. The molecule has 2 aromatic rings. The molecule has 0 amide bonds. The van der Waals surface area contributed by atoms with Crippen LogP contribution in [-0.4, -0.2) is 23.2 Å². The van der Waals surface area contributed by atoms with Gasteiger partial charge in [0.1, 0.15) is 15.0 Å². The normalized spacial score (nSPS) is 11.6. The Hall–Kier alpha value is -0.680. The molecular formula is C9H8BrClN4O2S3. The number of nitrogens with two attached hydrogens (primary N) is 1. The molecule has 2 rings (SSSR count). The molecule has 11 heteroatoms. The van der Waals surface area contributed by atoms with Crippen LogP contribution in [0.25, 0.3) is 0 Å². The van der Waals surface area contributed by atoms with Crippen LogP contribution in [0, 0.1) is 0 Å². The summed E-state index contributed by atoms with van der Waals surface area (Å²) in [7, 11) is -2.21. The first-order valence-corrected chi connectivity index (χ1v) is 8.89. The summed E-state index contributed by atoms with van der Waals surface area (Å²) in [4.78, 5) is 0.0567. The fourth-order valence-corrected chi connectivity index (χ4v) is 5.03. The van der Waals surface area contributed by atoms with Crippen molar-refractivity contribution >= 4 is 71.9 Å². The van der Waals surface area contributed by atoms with E-state index in [9.17, 15) is 8.42 Å². The van der Waals surface area contributed by atoms with E-state index < -0.39 is 10.0 Å². The van der Waals surface area contributed by atoms with Crippen molar-refractivity contribution in [1.29, 1.82) is 0 Å². The van der Waals surface area contributed by atoms with Crippen LogP contribution < -0.4 is 10.5 Å². The van der Waals surface area contributed by atoms with Gasteiger partial charge in [-0.2, -0.15) is 5.10 Å². The molecule has 3 N–H and O–H groups in total. The van der Waals surface area contributed by atoms with Gasteiger partial charge < -0.3 is 5.73 Å². The van der Waals surface area contributed by atoms with Crippen LogP contribution in [0.4, 0.5) is 5.82 Å². The summed E-state index contributed by atoms with van der Waals surface area (Å²) in [5, 5.41) is 4.26. The zero-order chi connectivity index (χ0) is 15.1. The summed E-state index contributed by atoms with van der Waals surface area (Å²) >= 11 is 14.9. The molecule has 0 saturated heterocycles. The van der Waals surface area contributed by atoms with E-state index in [-0.39, 0.29) is 15.0 Å². The number of aryl methyl sites for hydroxylation is 1. The van der Waals surface area contributed by atoms with Crippen LogP contribution in [0.2, 0.25) is 5.02 Å². The lowest BCUT2D eigenvalue weighted by atomic mass is 10.3. The first kappa shape index (κ1) is 15.7. The van der Waals surface area contributed by atoms with Crippen molar-refractivity contribution in [3.8, 4) is 0 Å². The lowest BCUT2D eigenvalue weighted by Crippen LogP contribution is -2.18. The second-order valence-corrected chi connectivity index (χ2v) is 8.81. The summed E-state index contributed by atoms with van der Waals surface area (Å²) in [5.74, 6) is 0.207. The molecule has 0 bridgehead atoms. The Kier molecular flexibility index (Phi) is 4.40. The van der Waals surface area contributed by atoms with Crippen molar-refractivity contribution in [2.75, 3.05) is 4.72 Å². The number of nitrogens with zero attached hydrogens (tertiary/aromatic N) is 2. The van der Waals surface area contributed by atoms with Gasteiger partial charge >= 0.3 is 0 Å². The van der Waals surface area contributed by atoms with Crippen LogP contribution in [0.15, 0.2) is 20.3 Å². The van der Waals surface area contributed by atoms with Crippen molar-refractivity contribution in [1.82, 2.24) is 9.78 Å². The van der Waals surface area contributed by atoms with Gasteiger partial charge in [-0.3, -0.25) is 9.40 Å². The van der Waals surface area contributed by atoms with E-state index in [2.05, 4.69) is 25.8 Å². The molecule has 20 heavy (non-hydrogen) atoms. The predicted octanol–water partition coefficient (Wildman–Crippen LogP) is 2.33. The van der Waals surface area contributed by atoms with Gasteiger partial charge in [-0.05, 0) is 22.0 Å². The molecule has 0 aromatic carbocycles. The van der Waals surface area contributed by atoms with Crippen molar-refractivity contribution in [3.05, 3.63) is 26.6 Å². The van der Waals surface area contributed by atoms with Crippen molar-refractivity contribution in [2.45, 2.75) is 4.21 Å². The van der Waals surface area contributed by atoms with Crippen LogP contribution in [0.5, 0.6) is 0 Å². The zero-order valence-electron chi connectivity index (χ0n) is 9.92. The Bertz CT molecular complexity index is 764. The van der Waals surface area contributed by atoms with E-state index in [0.29, 0.717) is 14.4 Å². The van der Waals surface area contributed by atoms with Gasteiger partial charge in [0.15, 0.2) is 0 Å². The number of nitrogens with one attached hydrogen (secondary N) is 1. The Morgan fingerprint density at radius 2 is 2.30 bits per heavy atom. The quantitative estimate of drug-likeness (QED) is 0.748. The summed E-state index contributed by atoms with van der Waals surface area (Å²) in [6.45, 7) is 0. The number of aromatic nitrogens is 2. The Morgan fingerprint density at radius 3 is 2.80 bits per heavy atom. The van der Waals surface area contributed by atoms with E-state index in [4.69, 9.17) is 29.6 Å². The molecule has 2 aromatic heterocycles. The summed E-state index contributed by atoms with van der Waals surface area (Å²) in [6.07, 6.45) is 1.40. The molecule has 0 saturated carbocycles. The Balaban J connectivity index is 2.43. The molecule has 0 aliphatic rings. The lowest BCUT2D eigenvalue weighted by Gasteiger charge is -2.08. The summed E-state index contributed by atoms with van der Waals surface area (Å²) < 4.78 is 28.9. The minimum absolute atomic E-state index is 0.0567. The monoisotopic (exact) mass is 414 g/mol. The molecule has 0 radical (unpaired) electrons. The van der Waals surface area contributed by atoms with Crippen LogP contribution in [0.3, 0.4) is 0 Å². The fraction of sp³-hybridized carbons (Fsp3) is 0.111. The number of hydrogen-bond donors (Lipinski definition) is 2. The zero-order valence-corrected chi connectivity index (χ0v) is 14.7. The maximum absolute atomic E-state index is 12.3. The van der Waals surface area contributed by atoms with E-state index in [1.165, 1.54) is 16.9 Å². The minimum atomic E-state index is -3.79. The van der Waals surface area contributed by atoms with Crippen LogP contribution in [-0.2, 0) is 17.1 Å². The highest BCUT2D eigenvalue weighted by Crippen LogP contribution is 2.35. The van der Waals surface area contributed by atoms with Gasteiger partial charge in [-0.25, -0.2) is 8.42 Å². The van der Waals surface area contributed by atoms with Gasteiger partial charge in [0.2, 0.25) is 0 Å². The first-order valence-electron chi connectivity index (χ1n) is 5.02. The van der Waals surface area contributed by atoms with E-state index in [1.54, 1.807) is 7.05 Å². The van der Waals surface area contributed by atoms with E-state index in [1.807, 2.05) is 0 Å². The molecule has 0 aliphatic heterocycles. The highest BCUT2D eigenvalue weighted by molar-refractivity contribution is 9.11. The summed E-state index contributed by atoms with van der Waals surface area (Å²) in [6, 6.07) is 1.36. The number of sulfonamides is 1. The third kappa shape index (κ3) is 2.98. The smallest absolute Gasteiger partial charge is 0.272 e. The Morgan fingerprint density at radius 1 is 1.65 bits per heavy atom. The standard InChI is InChI=1S/C9H8BrClN4O2S3/c1-15-9(4(3-13-15)8(12)18)14-20(16,17)6-2-5(11)7(10)19-6/h2-3,14H,1H3,(H2,12,18). The van der Waals surface area contributed by atoms with Gasteiger partial charge in [-0.1, -0.05) is 23.8 Å². The minimum Gasteiger partial charge on any atom is -0.389 e. The SMILES string of the molecule is Cn1ncc(C(N)=S)c1NS(=O)(=O)c1cc(Cl)c(Br)s1. The first-order chi connectivity index (χ1) is 9.22. The topological polar surface area (TPSA) is 90.0 Å². The predicted molar refractivity (Wildman–Crippen MR) is 86.9 cm³/mol. The van der Waals surface area contributed by atoms with Gasteiger partial charge in [0.25, 0.3) is 10.0 Å². The van der Waals surface area contributed by atoms with Crippen LogP contribution in [0.1, 0.15) is 5.56 Å². The largest absolute Gasteiger partial charge is 0.389 e. The second-order valence-electron chi connectivity index (χ2n) is 3.69. The van der Waals surface area contributed by atoms with Gasteiger partial charge in [0.05, 0.1) is 20.6 Å². The molecule has 108 valence electrons. The maximum atomic E-state index is 12.3. The number of thiophene rings is 1. The molecule has 2 heterocycles. The van der Waals surface area contributed by atoms with E-state index >= 15 is 0 Å². The molecule has 0 atom stereocenters. The molecule has 0 spiro atoms. The highest BCUT2D eigenvalue weighted by atomic mass is 79.9. The number of thiocarbonyl (C=S) groups is 1. The third-order valence-electron chi connectivity index (χ3n) is 2.32. The van der Waals surface area contributed by atoms with Gasteiger partial charge in [0, 0.05) is 7.05 Å². The van der Waals surface area contributed by atoms with E-state index in [0.717, 1.165) is 11.3 Å². The lowest BCUT2D eigenvalue weighted by molar-refractivity contribution is 0.602. The number of rotatable bonds is 4. The maximum Gasteiger partial charge on any atom is 0.272 e. The second kappa shape index (κ2) is 5.60. The number of halogens is 2. The number of hydrogen-bond acceptors (Lipinski definition) is 5.